The Morgan fingerprint density at radius 2 is 1.73 bits per heavy atom. The molecule has 26 heavy (non-hydrogen) atoms. The number of carbonyl (C=O) groups excluding carboxylic acids is 1. The minimum Gasteiger partial charge on any atom is -0.341 e. The smallest absolute Gasteiger partial charge is 0.264 e. The SMILES string of the molecule is CC(C)CN(C)C(=O)c1cccc(S(=O)(=O)N(C)c2cccc(Cl)c2)c1. The molecule has 140 valence electrons. The number of hydrogen-bond donors (Lipinski definition) is 0. The van der Waals surface area contributed by atoms with Crippen molar-refractivity contribution < 1.29 is 13.2 Å². The van der Waals surface area contributed by atoms with E-state index in [2.05, 4.69) is 0 Å². The number of sulfonamides is 1. The lowest BCUT2D eigenvalue weighted by atomic mass is 10.1. The van der Waals surface area contributed by atoms with Gasteiger partial charge in [-0.1, -0.05) is 37.6 Å². The molecule has 0 bridgehead atoms. The van der Waals surface area contributed by atoms with Gasteiger partial charge in [0, 0.05) is 31.2 Å². The number of rotatable bonds is 6. The van der Waals surface area contributed by atoms with Gasteiger partial charge in [0.2, 0.25) is 0 Å². The molecule has 0 aliphatic rings. The number of hydrogen-bond acceptors (Lipinski definition) is 3. The van der Waals surface area contributed by atoms with Crippen molar-refractivity contribution in [2.45, 2.75) is 18.7 Å². The molecule has 2 rings (SSSR count). The maximum atomic E-state index is 12.9. The van der Waals surface area contributed by atoms with Gasteiger partial charge < -0.3 is 4.90 Å². The molecule has 0 aliphatic heterocycles. The van der Waals surface area contributed by atoms with E-state index in [0.29, 0.717) is 28.7 Å². The molecule has 7 heteroatoms. The van der Waals surface area contributed by atoms with Crippen LogP contribution in [0.1, 0.15) is 24.2 Å². The molecule has 0 heterocycles. The minimum atomic E-state index is -3.81. The van der Waals surface area contributed by atoms with Gasteiger partial charge in [-0.25, -0.2) is 8.42 Å². The molecule has 1 amide bonds. The third-order valence-corrected chi connectivity index (χ3v) is 5.91. The highest BCUT2D eigenvalue weighted by Crippen LogP contribution is 2.25. The highest BCUT2D eigenvalue weighted by molar-refractivity contribution is 7.92. The first kappa shape index (κ1) is 20.3. The number of nitrogens with zero attached hydrogens (tertiary/aromatic N) is 2. The summed E-state index contributed by atoms with van der Waals surface area (Å²) in [4.78, 5) is 14.2. The molecule has 0 saturated heterocycles. The lowest BCUT2D eigenvalue weighted by Gasteiger charge is -2.21. The molecule has 2 aromatic rings. The van der Waals surface area contributed by atoms with E-state index in [1.165, 1.54) is 19.2 Å². The minimum absolute atomic E-state index is 0.0590. The largest absolute Gasteiger partial charge is 0.341 e. The maximum Gasteiger partial charge on any atom is 0.264 e. The Labute approximate surface area is 160 Å². The van der Waals surface area contributed by atoms with Gasteiger partial charge in [0.05, 0.1) is 10.6 Å². The second-order valence-corrected chi connectivity index (χ2v) is 8.97. The van der Waals surface area contributed by atoms with E-state index in [4.69, 9.17) is 11.6 Å². The molecule has 0 aliphatic carbocycles. The highest BCUT2D eigenvalue weighted by Gasteiger charge is 2.23. The fourth-order valence-corrected chi connectivity index (χ4v) is 4.03. The predicted molar refractivity (Wildman–Crippen MR) is 105 cm³/mol. The van der Waals surface area contributed by atoms with Crippen molar-refractivity contribution in [2.24, 2.45) is 5.92 Å². The number of carbonyl (C=O) groups is 1. The van der Waals surface area contributed by atoms with E-state index >= 15 is 0 Å². The van der Waals surface area contributed by atoms with Crippen LogP contribution in [0.15, 0.2) is 53.4 Å². The third kappa shape index (κ3) is 4.56. The van der Waals surface area contributed by atoms with Crippen LogP contribution in [0.2, 0.25) is 5.02 Å². The van der Waals surface area contributed by atoms with E-state index in [1.54, 1.807) is 48.3 Å². The van der Waals surface area contributed by atoms with Crippen molar-refractivity contribution in [1.29, 1.82) is 0 Å². The van der Waals surface area contributed by atoms with Crippen molar-refractivity contribution in [3.05, 3.63) is 59.1 Å². The Kier molecular flexibility index (Phi) is 6.31. The summed E-state index contributed by atoms with van der Waals surface area (Å²) in [7, 11) is -0.641. The summed E-state index contributed by atoms with van der Waals surface area (Å²) >= 11 is 5.96. The molecule has 0 unspecified atom stereocenters. The van der Waals surface area contributed by atoms with E-state index in [0.717, 1.165) is 4.31 Å². The molecular formula is C19H23ClN2O3S. The standard InChI is InChI=1S/C19H23ClN2O3S/c1-14(2)13-21(3)19(23)15-7-5-10-18(11-15)26(24,25)22(4)17-9-6-8-16(20)12-17/h5-12,14H,13H2,1-4H3. The predicted octanol–water partition coefficient (Wildman–Crippen LogP) is 3.89. The van der Waals surface area contributed by atoms with Crippen LogP contribution < -0.4 is 4.31 Å². The Morgan fingerprint density at radius 1 is 1.08 bits per heavy atom. The van der Waals surface area contributed by atoms with Crippen LogP contribution in [-0.4, -0.2) is 39.9 Å². The average Bonchev–Trinajstić information content (AvgIpc) is 2.59. The van der Waals surface area contributed by atoms with Crippen LogP contribution in [0.5, 0.6) is 0 Å². The van der Waals surface area contributed by atoms with E-state index in [1.807, 2.05) is 13.8 Å². The van der Waals surface area contributed by atoms with Crippen LogP contribution >= 0.6 is 11.6 Å². The summed E-state index contributed by atoms with van der Waals surface area (Å²) in [5.74, 6) is 0.117. The van der Waals surface area contributed by atoms with E-state index < -0.39 is 10.0 Å². The summed E-state index contributed by atoms with van der Waals surface area (Å²) in [5.41, 5.74) is 0.792. The average molecular weight is 395 g/mol. The number of halogens is 1. The molecule has 2 aromatic carbocycles. The molecule has 5 nitrogen and oxygen atoms in total. The summed E-state index contributed by atoms with van der Waals surface area (Å²) in [6.07, 6.45) is 0. The summed E-state index contributed by atoms with van der Waals surface area (Å²) in [6, 6.07) is 12.7. The Morgan fingerprint density at radius 3 is 2.35 bits per heavy atom. The summed E-state index contributed by atoms with van der Waals surface area (Å²) in [6.45, 7) is 4.63. The van der Waals surface area contributed by atoms with Crippen molar-refractivity contribution in [2.75, 3.05) is 24.9 Å². The van der Waals surface area contributed by atoms with Crippen molar-refractivity contribution >= 4 is 33.2 Å². The first-order chi connectivity index (χ1) is 12.1. The van der Waals surface area contributed by atoms with Gasteiger partial charge >= 0.3 is 0 Å². The number of amides is 1. The number of anilines is 1. The Hall–Kier alpha value is -2.05. The van der Waals surface area contributed by atoms with Gasteiger partial charge in [0.15, 0.2) is 0 Å². The van der Waals surface area contributed by atoms with Crippen molar-refractivity contribution in [1.82, 2.24) is 4.90 Å². The highest BCUT2D eigenvalue weighted by atomic mass is 35.5. The lowest BCUT2D eigenvalue weighted by Crippen LogP contribution is -2.31. The van der Waals surface area contributed by atoms with Gasteiger partial charge in [0.1, 0.15) is 0 Å². The normalized spacial score (nSPS) is 11.5. The second kappa shape index (κ2) is 8.10. The zero-order chi connectivity index (χ0) is 19.5. The van der Waals surface area contributed by atoms with Crippen molar-refractivity contribution in [3.8, 4) is 0 Å². The van der Waals surface area contributed by atoms with E-state index in [-0.39, 0.29) is 10.8 Å². The van der Waals surface area contributed by atoms with E-state index in [9.17, 15) is 13.2 Å². The molecular weight excluding hydrogens is 372 g/mol. The van der Waals surface area contributed by atoms with Gasteiger partial charge in [-0.05, 0) is 42.3 Å². The quantitative estimate of drug-likeness (QED) is 0.746. The zero-order valence-corrected chi connectivity index (χ0v) is 16.9. The van der Waals surface area contributed by atoms with Gasteiger partial charge in [-0.3, -0.25) is 9.10 Å². The molecule has 0 radical (unpaired) electrons. The topological polar surface area (TPSA) is 57.7 Å². The summed E-state index contributed by atoms with van der Waals surface area (Å²) < 4.78 is 27.0. The van der Waals surface area contributed by atoms with Crippen LogP contribution in [0, 0.1) is 5.92 Å². The summed E-state index contributed by atoms with van der Waals surface area (Å²) in [5, 5.41) is 0.448. The first-order valence-corrected chi connectivity index (χ1v) is 10.0. The van der Waals surface area contributed by atoms with Gasteiger partial charge in [0.25, 0.3) is 15.9 Å². The van der Waals surface area contributed by atoms with Gasteiger partial charge in [-0.2, -0.15) is 0 Å². The lowest BCUT2D eigenvalue weighted by molar-refractivity contribution is 0.0779. The molecule has 0 saturated carbocycles. The van der Waals surface area contributed by atoms with Crippen LogP contribution in [0.4, 0.5) is 5.69 Å². The monoisotopic (exact) mass is 394 g/mol. The first-order valence-electron chi connectivity index (χ1n) is 8.23. The Bertz CT molecular complexity index is 897. The second-order valence-electron chi connectivity index (χ2n) is 6.56. The Balaban J connectivity index is 2.35. The molecule has 0 spiro atoms. The van der Waals surface area contributed by atoms with Gasteiger partial charge in [-0.15, -0.1) is 0 Å². The molecule has 0 N–H and O–H groups in total. The molecule has 0 atom stereocenters. The van der Waals surface area contributed by atoms with Crippen LogP contribution in [-0.2, 0) is 10.0 Å². The van der Waals surface area contributed by atoms with Crippen LogP contribution in [0.3, 0.4) is 0 Å². The maximum absolute atomic E-state index is 12.9. The van der Waals surface area contributed by atoms with Crippen molar-refractivity contribution in [3.63, 3.8) is 0 Å². The fourth-order valence-electron chi connectivity index (χ4n) is 2.61. The fraction of sp³-hybridized carbons (Fsp3) is 0.316. The zero-order valence-electron chi connectivity index (χ0n) is 15.3. The molecule has 0 aromatic heterocycles. The third-order valence-electron chi connectivity index (χ3n) is 3.90. The molecule has 0 fully saturated rings. The number of benzene rings is 2. The van der Waals surface area contributed by atoms with Crippen LogP contribution in [0.25, 0.3) is 0 Å².